The van der Waals surface area contributed by atoms with Crippen molar-refractivity contribution in [2.45, 2.75) is 115 Å². The molecule has 2 aliphatic rings. The number of unbranched alkanes of at least 4 members (excludes halogenated alkanes) is 2. The molecule has 2 fully saturated rings. The number of carbonyl (C=O) groups is 5. The highest BCUT2D eigenvalue weighted by atomic mass is 16.3. The van der Waals surface area contributed by atoms with Gasteiger partial charge < -0.3 is 26.0 Å². The van der Waals surface area contributed by atoms with Gasteiger partial charge in [-0.3, -0.25) is 24.0 Å². The summed E-state index contributed by atoms with van der Waals surface area (Å²) >= 11 is 0. The molecule has 10 nitrogen and oxygen atoms in total. The first-order valence-corrected chi connectivity index (χ1v) is 14.5. The predicted octanol–water partition coefficient (Wildman–Crippen LogP) is 1.78. The van der Waals surface area contributed by atoms with Crippen LogP contribution in [0.5, 0.6) is 0 Å². The monoisotopic (exact) mass is 556 g/mol. The molecule has 2 aliphatic heterocycles. The Balaban J connectivity index is 1.78. The molecule has 3 rings (SSSR count). The molecule has 0 saturated carbocycles. The van der Waals surface area contributed by atoms with Crippen LogP contribution in [0.2, 0.25) is 0 Å². The van der Waals surface area contributed by atoms with Gasteiger partial charge in [-0.15, -0.1) is 0 Å². The van der Waals surface area contributed by atoms with Crippen LogP contribution in [0.4, 0.5) is 0 Å². The smallest absolute Gasteiger partial charge is 0.246 e. The van der Waals surface area contributed by atoms with Crippen molar-refractivity contribution in [3.63, 3.8) is 0 Å². The quantitative estimate of drug-likeness (QED) is 0.306. The first-order chi connectivity index (χ1) is 19.1. The van der Waals surface area contributed by atoms with Gasteiger partial charge in [-0.05, 0) is 64.4 Å². The number of nitrogens with one attached hydrogen (secondary N) is 3. The number of Topliss-reactive ketones (excluding diaryl/α,β-unsaturated/α-hetero) is 1. The molecule has 4 amide bonds. The third-order valence-electron chi connectivity index (χ3n) is 8.13. The van der Waals surface area contributed by atoms with Crippen LogP contribution in [-0.4, -0.2) is 75.7 Å². The summed E-state index contributed by atoms with van der Waals surface area (Å²) in [6.45, 7) is 5.27. The number of carbonyl (C=O) groups excluding carboxylic acids is 5. The molecule has 0 aromatic heterocycles. The van der Waals surface area contributed by atoms with Gasteiger partial charge in [0.25, 0.3) is 0 Å². The third-order valence-corrected chi connectivity index (χ3v) is 8.13. The Morgan fingerprint density at radius 3 is 2.42 bits per heavy atom. The van der Waals surface area contributed by atoms with E-state index in [1.54, 1.807) is 18.7 Å². The lowest BCUT2D eigenvalue weighted by Crippen LogP contribution is -2.65. The third kappa shape index (κ3) is 8.13. The largest absolute Gasteiger partial charge is 0.386 e. The standard InChI is InChI=1S/C30H44N4O6/c1-4-30(3)29(40)32-23(18-17-21-12-7-5-8-13-21)28(39)34-19-11-15-24(34)27(38)31-22(26(37)33-30)14-9-6-10-16-25(36)20(2)35/h5,7-8,12-13,20,22-24,35H,4,6,9-11,14-19H2,1-3H3,(H,31,38)(H,32,40)(H,33,37)/t20-,22+,23+,24-,30+/m1/s1. The summed E-state index contributed by atoms with van der Waals surface area (Å²) in [5.74, 6) is -1.78. The van der Waals surface area contributed by atoms with Crippen molar-refractivity contribution >= 4 is 29.4 Å². The molecule has 0 unspecified atom stereocenters. The molecular weight excluding hydrogens is 512 g/mol. The summed E-state index contributed by atoms with van der Waals surface area (Å²) in [6, 6.07) is 7.28. The lowest BCUT2D eigenvalue weighted by atomic mass is 9.94. The van der Waals surface area contributed by atoms with Crippen LogP contribution in [-0.2, 0) is 30.4 Å². The number of rotatable bonds is 11. The van der Waals surface area contributed by atoms with E-state index in [9.17, 15) is 29.1 Å². The van der Waals surface area contributed by atoms with Crippen molar-refractivity contribution in [1.29, 1.82) is 0 Å². The predicted molar refractivity (Wildman–Crippen MR) is 150 cm³/mol. The molecule has 4 N–H and O–H groups in total. The van der Waals surface area contributed by atoms with Gasteiger partial charge in [0.05, 0.1) is 0 Å². The lowest BCUT2D eigenvalue weighted by molar-refractivity contribution is -0.145. The minimum Gasteiger partial charge on any atom is -0.386 e. The SMILES string of the molecule is CC[C@]1(C)NC(=O)[C@H](CCCCCC(=O)[C@@H](C)O)NC(=O)[C@H]2CCCN2C(=O)[C@H](CCc2ccccc2)NC1=O. The lowest BCUT2D eigenvalue weighted by Gasteiger charge is -2.36. The summed E-state index contributed by atoms with van der Waals surface area (Å²) in [5.41, 5.74) is -0.241. The highest BCUT2D eigenvalue weighted by Gasteiger charge is 2.43. The number of amides is 4. The normalized spacial score (nSPS) is 26.6. The number of fused-ring (bicyclic) bond motifs is 1. The molecule has 0 aliphatic carbocycles. The van der Waals surface area contributed by atoms with E-state index in [2.05, 4.69) is 16.0 Å². The zero-order valence-electron chi connectivity index (χ0n) is 23.9. The maximum absolute atomic E-state index is 13.7. The number of hydrogen-bond acceptors (Lipinski definition) is 6. The molecular formula is C30H44N4O6. The summed E-state index contributed by atoms with van der Waals surface area (Å²) in [7, 11) is 0. The first-order valence-electron chi connectivity index (χ1n) is 14.5. The van der Waals surface area contributed by atoms with Crippen molar-refractivity contribution in [3.05, 3.63) is 35.9 Å². The van der Waals surface area contributed by atoms with Crippen LogP contribution in [0.1, 0.15) is 84.1 Å². The second-order valence-corrected chi connectivity index (χ2v) is 11.2. The number of aryl methyl sites for hydroxylation is 1. The summed E-state index contributed by atoms with van der Waals surface area (Å²) in [6.07, 6.45) is 3.72. The van der Waals surface area contributed by atoms with Crippen molar-refractivity contribution in [1.82, 2.24) is 20.9 Å². The van der Waals surface area contributed by atoms with Crippen LogP contribution in [0.25, 0.3) is 0 Å². The maximum atomic E-state index is 13.7. The highest BCUT2D eigenvalue weighted by molar-refractivity contribution is 5.99. The van der Waals surface area contributed by atoms with Gasteiger partial charge in [0.2, 0.25) is 23.6 Å². The van der Waals surface area contributed by atoms with E-state index in [0.29, 0.717) is 64.3 Å². The molecule has 0 radical (unpaired) electrons. The minimum absolute atomic E-state index is 0.227. The minimum atomic E-state index is -1.28. The Labute approximate surface area is 236 Å². The van der Waals surface area contributed by atoms with Gasteiger partial charge in [-0.2, -0.15) is 0 Å². The average molecular weight is 557 g/mol. The molecule has 2 saturated heterocycles. The van der Waals surface area contributed by atoms with Crippen molar-refractivity contribution in [2.75, 3.05) is 6.54 Å². The van der Waals surface area contributed by atoms with E-state index in [4.69, 9.17) is 0 Å². The molecule has 220 valence electrons. The van der Waals surface area contributed by atoms with Crippen LogP contribution >= 0.6 is 0 Å². The van der Waals surface area contributed by atoms with Crippen molar-refractivity contribution in [2.24, 2.45) is 0 Å². The Morgan fingerprint density at radius 2 is 1.75 bits per heavy atom. The van der Waals surface area contributed by atoms with E-state index in [1.165, 1.54) is 6.92 Å². The summed E-state index contributed by atoms with van der Waals surface area (Å²) < 4.78 is 0. The van der Waals surface area contributed by atoms with E-state index in [1.807, 2.05) is 30.3 Å². The van der Waals surface area contributed by atoms with Gasteiger partial charge in [-0.1, -0.05) is 50.1 Å². The van der Waals surface area contributed by atoms with E-state index >= 15 is 0 Å². The van der Waals surface area contributed by atoms with Crippen LogP contribution < -0.4 is 16.0 Å². The second-order valence-electron chi connectivity index (χ2n) is 11.2. The molecule has 40 heavy (non-hydrogen) atoms. The molecule has 1 aromatic rings. The molecule has 10 heteroatoms. The fourth-order valence-electron chi connectivity index (χ4n) is 5.27. The van der Waals surface area contributed by atoms with Gasteiger partial charge >= 0.3 is 0 Å². The number of benzene rings is 1. The van der Waals surface area contributed by atoms with Crippen molar-refractivity contribution in [3.8, 4) is 0 Å². The summed E-state index contributed by atoms with van der Waals surface area (Å²) in [5, 5.41) is 18.0. The Hall–Kier alpha value is -3.27. The van der Waals surface area contributed by atoms with Gasteiger partial charge in [0.1, 0.15) is 29.8 Å². The Kier molecular flexibility index (Phi) is 11.2. The number of nitrogens with zero attached hydrogens (tertiary/aromatic N) is 1. The maximum Gasteiger partial charge on any atom is 0.246 e. The summed E-state index contributed by atoms with van der Waals surface area (Å²) in [4.78, 5) is 67.4. The number of aliphatic hydroxyl groups excluding tert-OH is 1. The molecule has 1 aromatic carbocycles. The number of ketones is 1. The van der Waals surface area contributed by atoms with Crippen LogP contribution in [0, 0.1) is 0 Å². The second kappa shape index (κ2) is 14.4. The fourth-order valence-corrected chi connectivity index (χ4v) is 5.27. The number of aliphatic hydroxyl groups is 1. The van der Waals surface area contributed by atoms with Crippen LogP contribution in [0.15, 0.2) is 30.3 Å². The van der Waals surface area contributed by atoms with Gasteiger partial charge in [0, 0.05) is 13.0 Å². The highest BCUT2D eigenvalue weighted by Crippen LogP contribution is 2.22. The number of hydrogen-bond donors (Lipinski definition) is 4. The van der Waals surface area contributed by atoms with E-state index < -0.39 is 41.6 Å². The van der Waals surface area contributed by atoms with Gasteiger partial charge in [0.15, 0.2) is 5.78 Å². The van der Waals surface area contributed by atoms with E-state index in [-0.39, 0.29) is 24.0 Å². The first kappa shape index (κ1) is 31.3. The Bertz CT molecular complexity index is 1060. The van der Waals surface area contributed by atoms with Crippen molar-refractivity contribution < 1.29 is 29.1 Å². The molecule has 0 spiro atoms. The fraction of sp³-hybridized carbons (Fsp3) is 0.633. The Morgan fingerprint density at radius 1 is 1.02 bits per heavy atom. The van der Waals surface area contributed by atoms with Crippen LogP contribution in [0.3, 0.4) is 0 Å². The molecule has 5 atom stereocenters. The van der Waals surface area contributed by atoms with Gasteiger partial charge in [-0.25, -0.2) is 0 Å². The molecule has 2 heterocycles. The molecule has 0 bridgehead atoms. The average Bonchev–Trinajstić information content (AvgIpc) is 3.43. The van der Waals surface area contributed by atoms with E-state index in [0.717, 1.165) is 5.56 Å². The topological polar surface area (TPSA) is 145 Å². The zero-order chi connectivity index (χ0) is 29.3. The zero-order valence-corrected chi connectivity index (χ0v) is 23.9.